The van der Waals surface area contributed by atoms with Crippen molar-refractivity contribution in [3.63, 3.8) is 0 Å². The number of halogens is 2. The normalized spacial score (nSPS) is 10.4. The molecule has 0 aliphatic rings. The van der Waals surface area contributed by atoms with Crippen molar-refractivity contribution in [2.24, 2.45) is 0 Å². The summed E-state index contributed by atoms with van der Waals surface area (Å²) in [5.41, 5.74) is 1.65. The highest BCUT2D eigenvalue weighted by Gasteiger charge is 2.16. The molecular formula is C13H11ClFN3O. The number of ether oxygens (including phenoxy) is 1. The van der Waals surface area contributed by atoms with Gasteiger partial charge >= 0.3 is 0 Å². The lowest BCUT2D eigenvalue weighted by Crippen LogP contribution is -2.02. The Morgan fingerprint density at radius 2 is 2.11 bits per heavy atom. The van der Waals surface area contributed by atoms with E-state index in [-0.39, 0.29) is 17.6 Å². The molecule has 1 aromatic carbocycles. The Bertz CT molecular complexity index is 616. The smallest absolute Gasteiger partial charge is 0.145 e. The molecule has 0 saturated carbocycles. The summed E-state index contributed by atoms with van der Waals surface area (Å²) in [6, 6.07) is 8.04. The molecule has 0 atom stereocenters. The van der Waals surface area contributed by atoms with E-state index in [2.05, 4.69) is 5.10 Å². The molecule has 0 radical (unpaired) electrons. The molecule has 0 aliphatic carbocycles. The largest absolute Gasteiger partial charge is 0.378 e. The number of hydrogen-bond acceptors (Lipinski definition) is 3. The van der Waals surface area contributed by atoms with Gasteiger partial charge in [-0.2, -0.15) is 10.4 Å². The van der Waals surface area contributed by atoms with Crippen molar-refractivity contribution in [1.82, 2.24) is 9.78 Å². The van der Waals surface area contributed by atoms with Crippen LogP contribution in [0.5, 0.6) is 0 Å². The quantitative estimate of drug-likeness (QED) is 0.865. The van der Waals surface area contributed by atoms with E-state index >= 15 is 0 Å². The Morgan fingerprint density at radius 3 is 2.68 bits per heavy atom. The predicted octanol–water partition coefficient (Wildman–Crippen LogP) is 2.74. The van der Waals surface area contributed by atoms with Gasteiger partial charge in [-0.3, -0.25) is 0 Å². The third-order valence-corrected chi connectivity index (χ3v) is 2.99. The van der Waals surface area contributed by atoms with E-state index in [1.54, 1.807) is 12.1 Å². The molecular weight excluding hydrogens is 269 g/mol. The number of nitriles is 1. The molecule has 0 unspecified atom stereocenters. The molecule has 1 heterocycles. The van der Waals surface area contributed by atoms with Crippen LogP contribution < -0.4 is 0 Å². The summed E-state index contributed by atoms with van der Waals surface area (Å²) in [6.45, 7) is 0.594. The zero-order valence-electron chi connectivity index (χ0n) is 10.2. The Kier molecular flexibility index (Phi) is 4.15. The molecule has 19 heavy (non-hydrogen) atoms. The maximum Gasteiger partial charge on any atom is 0.145 e. The SMILES string of the molecule is COCc1nn(Cc2ccc(F)cc2)c(Cl)c1C#N. The molecule has 98 valence electrons. The maximum absolute atomic E-state index is 12.8. The standard InChI is InChI=1S/C13H11ClFN3O/c1-19-8-12-11(6-16)13(14)18(17-12)7-9-2-4-10(15)5-3-9/h2-5H,7-8H2,1H3. The molecule has 0 fully saturated rings. The third-order valence-electron chi connectivity index (χ3n) is 2.60. The van der Waals surface area contributed by atoms with Crippen LogP contribution in [0.3, 0.4) is 0 Å². The van der Waals surface area contributed by atoms with E-state index in [9.17, 15) is 4.39 Å². The van der Waals surface area contributed by atoms with E-state index in [0.29, 0.717) is 17.8 Å². The number of methoxy groups -OCH3 is 1. The molecule has 0 saturated heterocycles. The minimum atomic E-state index is -0.298. The Hall–Kier alpha value is -1.90. The fourth-order valence-corrected chi connectivity index (χ4v) is 1.95. The van der Waals surface area contributed by atoms with Crippen molar-refractivity contribution in [3.05, 3.63) is 52.1 Å². The van der Waals surface area contributed by atoms with E-state index in [4.69, 9.17) is 21.6 Å². The first-order valence-electron chi connectivity index (χ1n) is 5.54. The summed E-state index contributed by atoms with van der Waals surface area (Å²) >= 11 is 6.09. The second kappa shape index (κ2) is 5.83. The molecule has 1 aromatic heterocycles. The van der Waals surface area contributed by atoms with Gasteiger partial charge < -0.3 is 4.74 Å². The molecule has 0 N–H and O–H groups in total. The van der Waals surface area contributed by atoms with E-state index in [0.717, 1.165) is 5.56 Å². The molecule has 0 aliphatic heterocycles. The Labute approximate surface area is 115 Å². The van der Waals surface area contributed by atoms with E-state index in [1.807, 2.05) is 6.07 Å². The van der Waals surface area contributed by atoms with Crippen LogP contribution in [0, 0.1) is 17.1 Å². The lowest BCUT2D eigenvalue weighted by Gasteiger charge is -2.03. The van der Waals surface area contributed by atoms with Crippen LogP contribution in [0.1, 0.15) is 16.8 Å². The van der Waals surface area contributed by atoms with E-state index < -0.39 is 0 Å². The second-order valence-corrected chi connectivity index (χ2v) is 4.30. The van der Waals surface area contributed by atoms with Crippen LogP contribution >= 0.6 is 11.6 Å². The summed E-state index contributed by atoms with van der Waals surface area (Å²) in [5, 5.41) is 13.5. The number of rotatable bonds is 4. The van der Waals surface area contributed by atoms with Gasteiger partial charge in [0, 0.05) is 7.11 Å². The van der Waals surface area contributed by atoms with Crippen molar-refractivity contribution in [3.8, 4) is 6.07 Å². The van der Waals surface area contributed by atoms with Crippen LogP contribution in [0.4, 0.5) is 4.39 Å². The predicted molar refractivity (Wildman–Crippen MR) is 68.2 cm³/mol. The lowest BCUT2D eigenvalue weighted by atomic mass is 10.2. The molecule has 2 rings (SSSR count). The molecule has 2 aromatic rings. The van der Waals surface area contributed by atoms with Crippen molar-refractivity contribution < 1.29 is 9.13 Å². The van der Waals surface area contributed by atoms with Gasteiger partial charge in [0.2, 0.25) is 0 Å². The van der Waals surface area contributed by atoms with Crippen LogP contribution in [-0.4, -0.2) is 16.9 Å². The molecule has 0 bridgehead atoms. The fraction of sp³-hybridized carbons (Fsp3) is 0.231. The minimum absolute atomic E-state index is 0.221. The van der Waals surface area contributed by atoms with Gasteiger partial charge in [-0.15, -0.1) is 0 Å². The Balaban J connectivity index is 2.30. The van der Waals surface area contributed by atoms with Gasteiger partial charge in [-0.05, 0) is 17.7 Å². The van der Waals surface area contributed by atoms with Gasteiger partial charge in [0.15, 0.2) is 0 Å². The molecule has 0 amide bonds. The average molecular weight is 280 g/mol. The molecule has 6 heteroatoms. The van der Waals surface area contributed by atoms with Crippen molar-refractivity contribution in [2.45, 2.75) is 13.2 Å². The summed E-state index contributed by atoms with van der Waals surface area (Å²) in [6.07, 6.45) is 0. The lowest BCUT2D eigenvalue weighted by molar-refractivity contribution is 0.180. The average Bonchev–Trinajstić information content (AvgIpc) is 2.69. The number of aromatic nitrogens is 2. The number of benzene rings is 1. The van der Waals surface area contributed by atoms with Crippen LogP contribution in [0.25, 0.3) is 0 Å². The molecule has 0 spiro atoms. The third kappa shape index (κ3) is 2.92. The highest BCUT2D eigenvalue weighted by Crippen LogP contribution is 2.21. The first kappa shape index (κ1) is 13.5. The van der Waals surface area contributed by atoms with Crippen LogP contribution in [-0.2, 0) is 17.9 Å². The zero-order chi connectivity index (χ0) is 13.8. The van der Waals surface area contributed by atoms with Crippen molar-refractivity contribution >= 4 is 11.6 Å². The topological polar surface area (TPSA) is 50.8 Å². The number of nitrogens with zero attached hydrogens (tertiary/aromatic N) is 3. The maximum atomic E-state index is 12.8. The van der Waals surface area contributed by atoms with Gasteiger partial charge in [0.25, 0.3) is 0 Å². The number of hydrogen-bond donors (Lipinski definition) is 0. The fourth-order valence-electron chi connectivity index (χ4n) is 1.70. The summed E-state index contributed by atoms with van der Waals surface area (Å²) in [7, 11) is 1.52. The van der Waals surface area contributed by atoms with Gasteiger partial charge in [0.1, 0.15) is 28.3 Å². The summed E-state index contributed by atoms with van der Waals surface area (Å²) < 4.78 is 19.3. The monoisotopic (exact) mass is 279 g/mol. The zero-order valence-corrected chi connectivity index (χ0v) is 11.0. The first-order valence-corrected chi connectivity index (χ1v) is 5.92. The van der Waals surface area contributed by atoms with Crippen LogP contribution in [0.15, 0.2) is 24.3 Å². The van der Waals surface area contributed by atoms with Crippen molar-refractivity contribution in [2.75, 3.05) is 7.11 Å². The van der Waals surface area contributed by atoms with Gasteiger partial charge in [0.05, 0.1) is 13.2 Å². The molecule has 4 nitrogen and oxygen atoms in total. The van der Waals surface area contributed by atoms with Crippen molar-refractivity contribution in [1.29, 1.82) is 5.26 Å². The highest BCUT2D eigenvalue weighted by atomic mass is 35.5. The highest BCUT2D eigenvalue weighted by molar-refractivity contribution is 6.30. The Morgan fingerprint density at radius 1 is 1.42 bits per heavy atom. The van der Waals surface area contributed by atoms with Gasteiger partial charge in [-0.25, -0.2) is 9.07 Å². The van der Waals surface area contributed by atoms with Gasteiger partial charge in [-0.1, -0.05) is 23.7 Å². The van der Waals surface area contributed by atoms with Crippen LogP contribution in [0.2, 0.25) is 5.15 Å². The first-order chi connectivity index (χ1) is 9.15. The van der Waals surface area contributed by atoms with E-state index in [1.165, 1.54) is 23.9 Å². The minimum Gasteiger partial charge on any atom is -0.378 e. The summed E-state index contributed by atoms with van der Waals surface area (Å²) in [4.78, 5) is 0. The second-order valence-electron chi connectivity index (χ2n) is 3.94. The summed E-state index contributed by atoms with van der Waals surface area (Å²) in [5.74, 6) is -0.298.